The minimum Gasteiger partial charge on any atom is -0.352 e. The molecule has 3 rings (SSSR count). The van der Waals surface area contributed by atoms with Crippen molar-refractivity contribution in [3.05, 3.63) is 65.1 Å². The van der Waals surface area contributed by atoms with E-state index in [2.05, 4.69) is 5.32 Å². The van der Waals surface area contributed by atoms with E-state index in [9.17, 15) is 18.0 Å². The van der Waals surface area contributed by atoms with Gasteiger partial charge >= 0.3 is 5.69 Å². The molecule has 2 aromatic carbocycles. The molecule has 0 aliphatic rings. The Morgan fingerprint density at radius 1 is 1.04 bits per heavy atom. The van der Waals surface area contributed by atoms with Gasteiger partial charge in [-0.25, -0.2) is 13.2 Å². The molecule has 1 N–H and O–H groups in total. The van der Waals surface area contributed by atoms with Gasteiger partial charge in [-0.3, -0.25) is 9.36 Å². The SMILES string of the molecule is CCC(C)NC(=O)Cn1c(=O)n(S(=O)(=O)c2ccccc2)c2ccccc21. The summed E-state index contributed by atoms with van der Waals surface area (Å²) in [7, 11) is -4.09. The first-order chi connectivity index (χ1) is 12.9. The molecule has 0 aliphatic carbocycles. The van der Waals surface area contributed by atoms with Crippen LogP contribution in [0.1, 0.15) is 20.3 Å². The smallest absolute Gasteiger partial charge is 0.343 e. The lowest BCUT2D eigenvalue weighted by molar-refractivity contribution is -0.122. The fraction of sp³-hybridized carbons (Fsp3) is 0.263. The van der Waals surface area contributed by atoms with Crippen LogP contribution in [0, 0.1) is 0 Å². The second kappa shape index (κ2) is 7.40. The summed E-state index contributed by atoms with van der Waals surface area (Å²) in [6.07, 6.45) is 0.755. The summed E-state index contributed by atoms with van der Waals surface area (Å²) in [5, 5.41) is 2.79. The van der Waals surface area contributed by atoms with Gasteiger partial charge in [0.2, 0.25) is 5.91 Å². The summed E-state index contributed by atoms with van der Waals surface area (Å²) in [6, 6.07) is 14.3. The Morgan fingerprint density at radius 3 is 2.26 bits per heavy atom. The van der Waals surface area contributed by atoms with Crippen molar-refractivity contribution in [2.24, 2.45) is 0 Å². The van der Waals surface area contributed by atoms with Crippen LogP contribution in [-0.2, 0) is 21.4 Å². The van der Waals surface area contributed by atoms with Crippen LogP contribution in [0.2, 0.25) is 0 Å². The summed E-state index contributed by atoms with van der Waals surface area (Å²) in [5.41, 5.74) is -0.136. The topological polar surface area (TPSA) is 90.2 Å². The maximum Gasteiger partial charge on any atom is 0.343 e. The summed E-state index contributed by atoms with van der Waals surface area (Å²) < 4.78 is 28.0. The van der Waals surface area contributed by atoms with Crippen LogP contribution in [0.5, 0.6) is 0 Å². The number of fused-ring (bicyclic) bond motifs is 1. The van der Waals surface area contributed by atoms with Gasteiger partial charge in [-0.1, -0.05) is 37.3 Å². The largest absolute Gasteiger partial charge is 0.352 e. The normalized spacial score (nSPS) is 12.8. The Labute approximate surface area is 157 Å². The third-order valence-corrected chi connectivity index (χ3v) is 6.10. The van der Waals surface area contributed by atoms with Gasteiger partial charge in [-0.2, -0.15) is 3.97 Å². The zero-order chi connectivity index (χ0) is 19.6. The van der Waals surface area contributed by atoms with Crippen molar-refractivity contribution < 1.29 is 13.2 Å². The van der Waals surface area contributed by atoms with E-state index in [1.165, 1.54) is 16.7 Å². The maximum atomic E-state index is 13.0. The molecule has 0 radical (unpaired) electrons. The van der Waals surface area contributed by atoms with Crippen LogP contribution in [0.15, 0.2) is 64.3 Å². The first-order valence-electron chi connectivity index (χ1n) is 8.66. The minimum absolute atomic E-state index is 0.0130. The molecule has 1 aromatic heterocycles. The van der Waals surface area contributed by atoms with Gasteiger partial charge < -0.3 is 5.32 Å². The molecule has 3 aromatic rings. The molecule has 0 saturated heterocycles. The van der Waals surface area contributed by atoms with Crippen LogP contribution >= 0.6 is 0 Å². The van der Waals surface area contributed by atoms with Crippen molar-refractivity contribution in [2.75, 3.05) is 0 Å². The average molecular weight is 387 g/mol. The van der Waals surface area contributed by atoms with E-state index in [0.717, 1.165) is 10.4 Å². The number of hydrogen-bond acceptors (Lipinski definition) is 4. The molecule has 0 aliphatic heterocycles. The highest BCUT2D eigenvalue weighted by molar-refractivity contribution is 7.90. The Balaban J connectivity index is 2.15. The minimum atomic E-state index is -4.09. The lowest BCUT2D eigenvalue weighted by Crippen LogP contribution is -2.38. The van der Waals surface area contributed by atoms with E-state index in [1.54, 1.807) is 42.5 Å². The first kappa shape index (κ1) is 18.9. The highest BCUT2D eigenvalue weighted by atomic mass is 32.2. The zero-order valence-electron chi connectivity index (χ0n) is 15.1. The number of amides is 1. The van der Waals surface area contributed by atoms with E-state index in [0.29, 0.717) is 5.52 Å². The van der Waals surface area contributed by atoms with Crippen molar-refractivity contribution in [3.63, 3.8) is 0 Å². The molecule has 1 unspecified atom stereocenters. The highest BCUT2D eigenvalue weighted by Crippen LogP contribution is 2.19. The standard InChI is InChI=1S/C19H21N3O4S/c1-3-14(2)20-18(23)13-21-16-11-7-8-12-17(16)22(19(21)24)27(25,26)15-9-5-4-6-10-15/h4-12,14H,3,13H2,1-2H3,(H,20,23). The Hall–Kier alpha value is -2.87. The number of carbonyl (C=O) groups excluding carboxylic acids is 1. The first-order valence-corrected chi connectivity index (χ1v) is 10.1. The summed E-state index contributed by atoms with van der Waals surface area (Å²) in [5.74, 6) is -0.341. The van der Waals surface area contributed by atoms with E-state index < -0.39 is 15.7 Å². The molecule has 0 saturated carbocycles. The second-order valence-electron chi connectivity index (χ2n) is 6.32. The van der Waals surface area contributed by atoms with Crippen LogP contribution in [0.4, 0.5) is 0 Å². The van der Waals surface area contributed by atoms with Gasteiger partial charge in [0.05, 0.1) is 15.9 Å². The quantitative estimate of drug-likeness (QED) is 0.700. The lowest BCUT2D eigenvalue weighted by Gasteiger charge is -2.11. The number of hydrogen-bond donors (Lipinski definition) is 1. The average Bonchev–Trinajstić information content (AvgIpc) is 2.94. The molecule has 1 atom stereocenters. The zero-order valence-corrected chi connectivity index (χ0v) is 15.9. The van der Waals surface area contributed by atoms with Crippen molar-refractivity contribution in [2.45, 2.75) is 37.8 Å². The predicted octanol–water partition coefficient (Wildman–Crippen LogP) is 1.95. The third kappa shape index (κ3) is 3.52. The fourth-order valence-electron chi connectivity index (χ4n) is 2.83. The second-order valence-corrected chi connectivity index (χ2v) is 8.10. The molecule has 27 heavy (non-hydrogen) atoms. The Morgan fingerprint density at radius 2 is 1.63 bits per heavy atom. The van der Waals surface area contributed by atoms with E-state index in [1.807, 2.05) is 13.8 Å². The molecule has 8 heteroatoms. The molecule has 1 heterocycles. The number of nitrogens with one attached hydrogen (secondary N) is 1. The van der Waals surface area contributed by atoms with Crippen molar-refractivity contribution in [1.29, 1.82) is 0 Å². The number of nitrogens with zero attached hydrogens (tertiary/aromatic N) is 2. The molecule has 0 spiro atoms. The molecule has 0 bridgehead atoms. The van der Waals surface area contributed by atoms with Crippen LogP contribution < -0.4 is 11.0 Å². The van der Waals surface area contributed by atoms with E-state index in [4.69, 9.17) is 0 Å². The maximum absolute atomic E-state index is 13.0. The monoisotopic (exact) mass is 387 g/mol. The fourth-order valence-corrected chi connectivity index (χ4v) is 4.26. The van der Waals surface area contributed by atoms with Gasteiger partial charge in [0, 0.05) is 6.04 Å². The van der Waals surface area contributed by atoms with Crippen LogP contribution in [0.3, 0.4) is 0 Å². The highest BCUT2D eigenvalue weighted by Gasteiger charge is 2.25. The van der Waals surface area contributed by atoms with Gasteiger partial charge in [0.15, 0.2) is 0 Å². The summed E-state index contributed by atoms with van der Waals surface area (Å²) in [4.78, 5) is 25.3. The molecular formula is C19H21N3O4S. The molecular weight excluding hydrogens is 366 g/mol. The third-order valence-electron chi connectivity index (χ3n) is 4.40. The number of imidazole rings is 1. The Bertz CT molecular complexity index is 1130. The number of rotatable bonds is 6. The number of aromatic nitrogens is 2. The molecule has 0 fully saturated rings. The van der Waals surface area contributed by atoms with Crippen LogP contribution in [0.25, 0.3) is 11.0 Å². The van der Waals surface area contributed by atoms with Crippen molar-refractivity contribution >= 4 is 27.0 Å². The number of para-hydroxylation sites is 2. The summed E-state index contributed by atoms with van der Waals surface area (Å²) in [6.45, 7) is 3.56. The summed E-state index contributed by atoms with van der Waals surface area (Å²) >= 11 is 0. The van der Waals surface area contributed by atoms with E-state index in [-0.39, 0.29) is 28.9 Å². The molecule has 1 amide bonds. The number of benzene rings is 2. The molecule has 7 nitrogen and oxygen atoms in total. The van der Waals surface area contributed by atoms with Crippen molar-refractivity contribution in [3.8, 4) is 0 Å². The van der Waals surface area contributed by atoms with Crippen LogP contribution in [-0.4, -0.2) is 28.9 Å². The van der Waals surface area contributed by atoms with Gasteiger partial charge in [-0.05, 0) is 37.6 Å². The Kier molecular flexibility index (Phi) is 5.18. The van der Waals surface area contributed by atoms with Gasteiger partial charge in [0.1, 0.15) is 6.54 Å². The predicted molar refractivity (Wildman–Crippen MR) is 103 cm³/mol. The number of carbonyl (C=O) groups is 1. The molecule has 142 valence electrons. The lowest BCUT2D eigenvalue weighted by atomic mass is 10.2. The van der Waals surface area contributed by atoms with Gasteiger partial charge in [0.25, 0.3) is 10.0 Å². The van der Waals surface area contributed by atoms with Gasteiger partial charge in [-0.15, -0.1) is 0 Å². The van der Waals surface area contributed by atoms with Crippen molar-refractivity contribution in [1.82, 2.24) is 13.9 Å². The van der Waals surface area contributed by atoms with E-state index >= 15 is 0 Å².